The van der Waals surface area contributed by atoms with Crippen molar-refractivity contribution in [3.05, 3.63) is 88.1 Å². The van der Waals surface area contributed by atoms with E-state index in [4.69, 9.17) is 23.7 Å². The normalized spacial score (nSPS) is 16.9. The number of carboxylic acid groups (broad SMARTS) is 1. The highest BCUT2D eigenvalue weighted by atomic mass is 32.1. The van der Waals surface area contributed by atoms with Gasteiger partial charge in [0.2, 0.25) is 0 Å². The SMILES string of the molecule is COc1cc(COC2CN(C(=O)O)CCC2c2ccc(OCCCOCc3cccs3)cc2)c(OC)c2ccccc12. The first-order valence-corrected chi connectivity index (χ1v) is 15.0. The van der Waals surface area contributed by atoms with Gasteiger partial charge in [-0.05, 0) is 41.6 Å². The van der Waals surface area contributed by atoms with Gasteiger partial charge in [0, 0.05) is 40.1 Å². The van der Waals surface area contributed by atoms with Gasteiger partial charge in [-0.3, -0.25) is 0 Å². The first kappa shape index (κ1) is 29.7. The lowest BCUT2D eigenvalue weighted by molar-refractivity contribution is -0.0204. The second-order valence-electron chi connectivity index (χ2n) is 10.2. The van der Waals surface area contributed by atoms with Crippen LogP contribution in [0, 0.1) is 0 Å². The van der Waals surface area contributed by atoms with E-state index in [1.807, 2.05) is 48.5 Å². The minimum absolute atomic E-state index is 0.0358. The highest BCUT2D eigenvalue weighted by molar-refractivity contribution is 7.09. The van der Waals surface area contributed by atoms with Crippen LogP contribution < -0.4 is 14.2 Å². The summed E-state index contributed by atoms with van der Waals surface area (Å²) in [5, 5.41) is 13.6. The van der Waals surface area contributed by atoms with Crippen LogP contribution in [0.2, 0.25) is 0 Å². The standard InChI is InChI=1S/C33H37NO7S/c1-37-30-19-24(32(38-2)29-9-4-3-8-28(29)30)21-41-31-20-34(33(35)36)15-14-27(31)23-10-12-25(13-11-23)40-17-6-16-39-22-26-7-5-18-42-26/h3-5,7-13,18-19,27,31H,6,14-17,20-22H2,1-2H3,(H,35,36). The molecule has 0 radical (unpaired) electrons. The Balaban J connectivity index is 1.23. The predicted molar refractivity (Wildman–Crippen MR) is 163 cm³/mol. The Kier molecular flexibility index (Phi) is 10.2. The van der Waals surface area contributed by atoms with Crippen molar-refractivity contribution in [3.63, 3.8) is 0 Å². The fourth-order valence-corrected chi connectivity index (χ4v) is 6.10. The Morgan fingerprint density at radius 3 is 2.50 bits per heavy atom. The van der Waals surface area contributed by atoms with E-state index < -0.39 is 6.09 Å². The Hall–Kier alpha value is -3.79. The van der Waals surface area contributed by atoms with Gasteiger partial charge in [0.15, 0.2) is 0 Å². The topological polar surface area (TPSA) is 86.7 Å². The van der Waals surface area contributed by atoms with Crippen molar-refractivity contribution in [2.75, 3.05) is 40.5 Å². The van der Waals surface area contributed by atoms with Crippen LogP contribution in [0.5, 0.6) is 17.2 Å². The van der Waals surface area contributed by atoms with E-state index in [1.165, 1.54) is 9.78 Å². The average molecular weight is 592 g/mol. The van der Waals surface area contributed by atoms with E-state index in [0.29, 0.717) is 32.8 Å². The lowest BCUT2D eigenvalue weighted by atomic mass is 9.87. The van der Waals surface area contributed by atoms with Gasteiger partial charge >= 0.3 is 6.09 Å². The second kappa shape index (κ2) is 14.4. The fraction of sp³-hybridized carbons (Fsp3) is 0.364. The number of amides is 1. The summed E-state index contributed by atoms with van der Waals surface area (Å²) in [7, 11) is 3.30. The van der Waals surface area contributed by atoms with E-state index in [0.717, 1.165) is 45.6 Å². The molecule has 1 aliphatic rings. The van der Waals surface area contributed by atoms with Crippen LogP contribution in [0.4, 0.5) is 4.79 Å². The predicted octanol–water partition coefficient (Wildman–Crippen LogP) is 6.96. The number of carbonyl (C=O) groups is 1. The second-order valence-corrected chi connectivity index (χ2v) is 11.2. The number of nitrogens with zero attached hydrogens (tertiary/aromatic N) is 1. The molecule has 0 aliphatic carbocycles. The number of fused-ring (bicyclic) bond motifs is 1. The molecule has 1 aliphatic heterocycles. The van der Waals surface area contributed by atoms with E-state index in [1.54, 1.807) is 25.6 Å². The Bertz CT molecular complexity index is 1440. The Labute approximate surface area is 250 Å². The molecule has 9 heteroatoms. The summed E-state index contributed by atoms with van der Waals surface area (Å²) in [6, 6.07) is 22.0. The summed E-state index contributed by atoms with van der Waals surface area (Å²) in [6.07, 6.45) is 0.204. The van der Waals surface area contributed by atoms with Crippen LogP contribution in [0.1, 0.15) is 34.8 Å². The van der Waals surface area contributed by atoms with Gasteiger partial charge in [0.05, 0.1) is 53.3 Å². The van der Waals surface area contributed by atoms with E-state index in [9.17, 15) is 9.90 Å². The molecule has 1 amide bonds. The van der Waals surface area contributed by atoms with Gasteiger partial charge in [-0.2, -0.15) is 0 Å². The molecule has 4 aromatic rings. The largest absolute Gasteiger partial charge is 0.496 e. The maximum absolute atomic E-state index is 11.8. The number of hydrogen-bond acceptors (Lipinski definition) is 7. The lowest BCUT2D eigenvalue weighted by Gasteiger charge is -2.37. The van der Waals surface area contributed by atoms with Gasteiger partial charge in [-0.1, -0.05) is 42.5 Å². The number of thiophene rings is 1. The summed E-state index contributed by atoms with van der Waals surface area (Å²) in [5.41, 5.74) is 1.95. The molecule has 2 heterocycles. The highest BCUT2D eigenvalue weighted by Crippen LogP contribution is 2.38. The quantitative estimate of drug-likeness (QED) is 0.168. The minimum Gasteiger partial charge on any atom is -0.496 e. The van der Waals surface area contributed by atoms with Crippen molar-refractivity contribution >= 4 is 28.2 Å². The molecule has 0 spiro atoms. The zero-order valence-corrected chi connectivity index (χ0v) is 24.8. The maximum Gasteiger partial charge on any atom is 0.407 e. The molecule has 1 fully saturated rings. The lowest BCUT2D eigenvalue weighted by Crippen LogP contribution is -2.46. The van der Waals surface area contributed by atoms with Gasteiger partial charge in [-0.15, -0.1) is 11.3 Å². The summed E-state index contributed by atoms with van der Waals surface area (Å²) >= 11 is 1.70. The molecule has 0 saturated carbocycles. The van der Waals surface area contributed by atoms with Gasteiger partial charge < -0.3 is 33.7 Å². The van der Waals surface area contributed by atoms with E-state index >= 15 is 0 Å². The van der Waals surface area contributed by atoms with E-state index in [2.05, 4.69) is 23.6 Å². The molecule has 222 valence electrons. The number of ether oxygens (including phenoxy) is 5. The summed E-state index contributed by atoms with van der Waals surface area (Å²) in [5.74, 6) is 2.30. The summed E-state index contributed by atoms with van der Waals surface area (Å²) in [4.78, 5) is 14.5. The number of piperidine rings is 1. The van der Waals surface area contributed by atoms with Crippen LogP contribution in [0.25, 0.3) is 10.8 Å². The fourth-order valence-electron chi connectivity index (χ4n) is 5.45. The molecule has 1 saturated heterocycles. The molecule has 5 rings (SSSR count). The van der Waals surface area contributed by atoms with Crippen molar-refractivity contribution in [1.82, 2.24) is 4.90 Å². The third kappa shape index (κ3) is 7.15. The number of rotatable bonds is 13. The van der Waals surface area contributed by atoms with Gasteiger partial charge in [0.1, 0.15) is 17.2 Å². The number of hydrogen-bond donors (Lipinski definition) is 1. The Morgan fingerprint density at radius 2 is 1.79 bits per heavy atom. The van der Waals surface area contributed by atoms with Crippen molar-refractivity contribution in [2.45, 2.75) is 38.1 Å². The first-order chi connectivity index (χ1) is 20.6. The molecule has 3 aromatic carbocycles. The van der Waals surface area contributed by atoms with Crippen molar-refractivity contribution in [3.8, 4) is 17.2 Å². The van der Waals surface area contributed by atoms with Crippen LogP contribution >= 0.6 is 11.3 Å². The Morgan fingerprint density at radius 1 is 0.976 bits per heavy atom. The summed E-state index contributed by atoms with van der Waals surface area (Å²) < 4.78 is 29.6. The number of benzene rings is 3. The third-order valence-electron chi connectivity index (χ3n) is 7.58. The zero-order chi connectivity index (χ0) is 29.3. The molecule has 2 unspecified atom stereocenters. The van der Waals surface area contributed by atoms with Crippen molar-refractivity contribution < 1.29 is 33.6 Å². The number of likely N-dealkylation sites (tertiary alicyclic amines) is 1. The molecular weight excluding hydrogens is 554 g/mol. The van der Waals surface area contributed by atoms with E-state index in [-0.39, 0.29) is 25.2 Å². The molecule has 8 nitrogen and oxygen atoms in total. The number of methoxy groups -OCH3 is 2. The maximum atomic E-state index is 11.8. The third-order valence-corrected chi connectivity index (χ3v) is 8.43. The van der Waals surface area contributed by atoms with Crippen molar-refractivity contribution in [2.24, 2.45) is 0 Å². The highest BCUT2D eigenvalue weighted by Gasteiger charge is 2.33. The van der Waals surface area contributed by atoms with Gasteiger partial charge in [0.25, 0.3) is 0 Å². The smallest absolute Gasteiger partial charge is 0.407 e. The molecule has 0 bridgehead atoms. The molecular formula is C33H37NO7S. The molecule has 1 aromatic heterocycles. The average Bonchev–Trinajstić information content (AvgIpc) is 3.55. The van der Waals surface area contributed by atoms with Crippen molar-refractivity contribution in [1.29, 1.82) is 0 Å². The molecule has 42 heavy (non-hydrogen) atoms. The van der Waals surface area contributed by atoms with Crippen LogP contribution in [0.3, 0.4) is 0 Å². The van der Waals surface area contributed by atoms with Crippen LogP contribution in [-0.4, -0.2) is 62.7 Å². The molecule has 2 atom stereocenters. The monoisotopic (exact) mass is 591 g/mol. The minimum atomic E-state index is -0.935. The molecule has 1 N–H and O–H groups in total. The summed E-state index contributed by atoms with van der Waals surface area (Å²) in [6.45, 7) is 2.86. The zero-order valence-electron chi connectivity index (χ0n) is 24.0. The first-order valence-electron chi connectivity index (χ1n) is 14.1. The van der Waals surface area contributed by atoms with Crippen LogP contribution in [0.15, 0.2) is 72.1 Å². The van der Waals surface area contributed by atoms with Crippen LogP contribution in [-0.2, 0) is 22.7 Å². The van der Waals surface area contributed by atoms with Gasteiger partial charge in [-0.25, -0.2) is 4.79 Å².